The minimum atomic E-state index is -0.135. The Kier molecular flexibility index (Phi) is 7.68. The van der Waals surface area contributed by atoms with Crippen LogP contribution in [0.25, 0.3) is 0 Å². The van der Waals surface area contributed by atoms with Crippen LogP contribution < -0.4 is 10.6 Å². The highest BCUT2D eigenvalue weighted by atomic mass is 32.1. The molecule has 1 fully saturated rings. The van der Waals surface area contributed by atoms with Crippen molar-refractivity contribution in [2.75, 3.05) is 39.3 Å². The molecule has 24 heavy (non-hydrogen) atoms. The predicted molar refractivity (Wildman–Crippen MR) is 95.3 cm³/mol. The number of carbonyl (C=O) groups is 2. The molecule has 1 unspecified atom stereocenters. The zero-order valence-electron chi connectivity index (χ0n) is 14.4. The molecule has 1 atom stereocenters. The van der Waals surface area contributed by atoms with Crippen LogP contribution in [0.15, 0.2) is 16.8 Å². The molecular weight excluding hydrogens is 326 g/mol. The van der Waals surface area contributed by atoms with E-state index >= 15 is 0 Å². The highest BCUT2D eigenvalue weighted by Gasteiger charge is 2.21. The molecule has 6 nitrogen and oxygen atoms in total. The summed E-state index contributed by atoms with van der Waals surface area (Å²) in [6.07, 6.45) is 0.319. The van der Waals surface area contributed by atoms with Crippen molar-refractivity contribution in [1.82, 2.24) is 15.5 Å². The molecule has 0 saturated carbocycles. The summed E-state index contributed by atoms with van der Waals surface area (Å²) >= 11 is 1.48. The fraction of sp³-hybridized carbons (Fsp3) is 0.647. The third kappa shape index (κ3) is 6.59. The number of morpholine rings is 1. The molecule has 2 N–H and O–H groups in total. The highest BCUT2D eigenvalue weighted by molar-refractivity contribution is 7.08. The van der Waals surface area contributed by atoms with E-state index in [1.807, 2.05) is 5.38 Å². The van der Waals surface area contributed by atoms with Gasteiger partial charge in [0.1, 0.15) is 0 Å². The molecule has 0 aromatic carbocycles. The van der Waals surface area contributed by atoms with Crippen molar-refractivity contribution in [2.24, 2.45) is 5.92 Å². The van der Waals surface area contributed by atoms with E-state index in [0.717, 1.165) is 19.6 Å². The fourth-order valence-corrected chi connectivity index (χ4v) is 3.32. The van der Waals surface area contributed by atoms with Crippen LogP contribution in [-0.4, -0.2) is 62.1 Å². The van der Waals surface area contributed by atoms with Gasteiger partial charge in [-0.25, -0.2) is 0 Å². The quantitative estimate of drug-likeness (QED) is 0.740. The molecule has 1 aromatic heterocycles. The fourth-order valence-electron chi connectivity index (χ4n) is 2.69. The summed E-state index contributed by atoms with van der Waals surface area (Å²) in [5.74, 6) is 0.430. The van der Waals surface area contributed by atoms with E-state index in [1.165, 1.54) is 11.3 Å². The summed E-state index contributed by atoms with van der Waals surface area (Å²) < 4.78 is 5.71. The first-order valence-corrected chi connectivity index (χ1v) is 9.40. The molecule has 1 aliphatic heterocycles. The molecule has 0 radical (unpaired) electrons. The normalized spacial score (nSPS) is 18.5. The molecule has 1 aromatic rings. The number of nitrogens with zero attached hydrogens (tertiary/aromatic N) is 1. The van der Waals surface area contributed by atoms with Crippen molar-refractivity contribution in [2.45, 2.75) is 26.4 Å². The van der Waals surface area contributed by atoms with Gasteiger partial charge in [-0.1, -0.05) is 13.8 Å². The van der Waals surface area contributed by atoms with Gasteiger partial charge in [0.05, 0.1) is 12.7 Å². The van der Waals surface area contributed by atoms with Gasteiger partial charge >= 0.3 is 0 Å². The summed E-state index contributed by atoms with van der Waals surface area (Å²) in [5.41, 5.74) is 0.640. The van der Waals surface area contributed by atoms with Crippen LogP contribution in [0.2, 0.25) is 0 Å². The lowest BCUT2D eigenvalue weighted by atomic mass is 10.2. The Morgan fingerprint density at radius 3 is 2.96 bits per heavy atom. The summed E-state index contributed by atoms with van der Waals surface area (Å²) in [7, 11) is 0. The number of amides is 2. The Labute approximate surface area is 147 Å². The molecule has 0 spiro atoms. The zero-order chi connectivity index (χ0) is 17.4. The Morgan fingerprint density at radius 2 is 2.25 bits per heavy atom. The lowest BCUT2D eigenvalue weighted by molar-refractivity contribution is -0.122. The van der Waals surface area contributed by atoms with E-state index in [0.29, 0.717) is 31.2 Å². The number of rotatable bonds is 8. The lowest BCUT2D eigenvalue weighted by Crippen LogP contribution is -2.48. The SMILES string of the molecule is CC(C)CN1CCOC(CNC(=O)CCNC(=O)c2ccsc2)C1. The number of hydrogen-bond acceptors (Lipinski definition) is 5. The van der Waals surface area contributed by atoms with Gasteiger partial charge in [-0.05, 0) is 17.4 Å². The Hall–Kier alpha value is -1.44. The van der Waals surface area contributed by atoms with Crippen molar-refractivity contribution >= 4 is 23.2 Å². The minimum absolute atomic E-state index is 0.0434. The van der Waals surface area contributed by atoms with Gasteiger partial charge in [-0.15, -0.1) is 0 Å². The molecule has 2 heterocycles. The van der Waals surface area contributed by atoms with Gasteiger partial charge in [0.15, 0.2) is 0 Å². The molecule has 2 amide bonds. The molecule has 7 heteroatoms. The van der Waals surface area contributed by atoms with Crippen LogP contribution >= 0.6 is 11.3 Å². The maximum atomic E-state index is 11.9. The predicted octanol–water partition coefficient (Wildman–Crippen LogP) is 1.34. The van der Waals surface area contributed by atoms with Crippen LogP contribution in [0.3, 0.4) is 0 Å². The third-order valence-corrected chi connectivity index (χ3v) is 4.48. The van der Waals surface area contributed by atoms with E-state index in [9.17, 15) is 9.59 Å². The van der Waals surface area contributed by atoms with Gasteiger partial charge in [-0.3, -0.25) is 14.5 Å². The minimum Gasteiger partial charge on any atom is -0.374 e. The zero-order valence-corrected chi connectivity index (χ0v) is 15.2. The van der Waals surface area contributed by atoms with Crippen LogP contribution in [0.4, 0.5) is 0 Å². The maximum Gasteiger partial charge on any atom is 0.252 e. The van der Waals surface area contributed by atoms with Crippen LogP contribution in [0.1, 0.15) is 30.6 Å². The molecule has 0 aliphatic carbocycles. The van der Waals surface area contributed by atoms with Crippen molar-refractivity contribution < 1.29 is 14.3 Å². The first-order chi connectivity index (χ1) is 11.5. The number of hydrogen-bond donors (Lipinski definition) is 2. The highest BCUT2D eigenvalue weighted by Crippen LogP contribution is 2.07. The third-order valence-electron chi connectivity index (χ3n) is 3.79. The standard InChI is InChI=1S/C17H27N3O3S/c1-13(2)10-20-6-7-23-15(11-20)9-19-16(21)3-5-18-17(22)14-4-8-24-12-14/h4,8,12-13,15H,3,5-7,9-11H2,1-2H3,(H,18,22)(H,19,21). The van der Waals surface area contributed by atoms with E-state index in [1.54, 1.807) is 11.4 Å². The van der Waals surface area contributed by atoms with Crippen LogP contribution in [-0.2, 0) is 9.53 Å². The Balaban J connectivity index is 1.60. The lowest BCUT2D eigenvalue weighted by Gasteiger charge is -2.33. The van der Waals surface area contributed by atoms with Crippen molar-refractivity contribution in [1.29, 1.82) is 0 Å². The molecule has 0 bridgehead atoms. The molecule has 1 saturated heterocycles. The van der Waals surface area contributed by atoms with Crippen LogP contribution in [0.5, 0.6) is 0 Å². The van der Waals surface area contributed by atoms with E-state index in [-0.39, 0.29) is 24.3 Å². The average molecular weight is 353 g/mol. The van der Waals surface area contributed by atoms with Crippen molar-refractivity contribution in [3.63, 3.8) is 0 Å². The number of nitrogens with one attached hydrogen (secondary N) is 2. The second-order valence-electron chi connectivity index (χ2n) is 6.47. The smallest absolute Gasteiger partial charge is 0.252 e. The maximum absolute atomic E-state index is 11.9. The van der Waals surface area contributed by atoms with E-state index < -0.39 is 0 Å². The molecular formula is C17H27N3O3S. The largest absolute Gasteiger partial charge is 0.374 e. The van der Waals surface area contributed by atoms with Crippen LogP contribution in [0, 0.1) is 5.92 Å². The van der Waals surface area contributed by atoms with Gasteiger partial charge < -0.3 is 15.4 Å². The van der Waals surface area contributed by atoms with Gasteiger partial charge in [0.2, 0.25) is 5.91 Å². The average Bonchev–Trinajstić information content (AvgIpc) is 3.07. The summed E-state index contributed by atoms with van der Waals surface area (Å²) in [6.45, 7) is 8.85. The number of thiophene rings is 1. The summed E-state index contributed by atoms with van der Waals surface area (Å²) in [4.78, 5) is 26.0. The summed E-state index contributed by atoms with van der Waals surface area (Å²) in [5, 5.41) is 9.29. The van der Waals surface area contributed by atoms with Crippen molar-refractivity contribution in [3.05, 3.63) is 22.4 Å². The Morgan fingerprint density at radius 1 is 1.42 bits per heavy atom. The topological polar surface area (TPSA) is 70.7 Å². The monoisotopic (exact) mass is 353 g/mol. The van der Waals surface area contributed by atoms with Gasteiger partial charge in [-0.2, -0.15) is 11.3 Å². The van der Waals surface area contributed by atoms with E-state index in [4.69, 9.17) is 4.74 Å². The summed E-state index contributed by atoms with van der Waals surface area (Å²) in [6, 6.07) is 1.77. The second kappa shape index (κ2) is 9.76. The van der Waals surface area contributed by atoms with Crippen molar-refractivity contribution in [3.8, 4) is 0 Å². The molecule has 134 valence electrons. The Bertz CT molecular complexity index is 519. The first-order valence-electron chi connectivity index (χ1n) is 8.45. The van der Waals surface area contributed by atoms with Gasteiger partial charge in [0.25, 0.3) is 5.91 Å². The molecule has 1 aliphatic rings. The first kappa shape index (κ1) is 18.9. The molecule has 2 rings (SSSR count). The second-order valence-corrected chi connectivity index (χ2v) is 7.25. The van der Waals surface area contributed by atoms with E-state index in [2.05, 4.69) is 29.4 Å². The number of ether oxygens (including phenoxy) is 1. The van der Waals surface area contributed by atoms with Gasteiger partial charge in [0, 0.05) is 50.1 Å². The number of carbonyl (C=O) groups excluding carboxylic acids is 2.